The van der Waals surface area contributed by atoms with Crippen LogP contribution in [0.3, 0.4) is 0 Å². The largest absolute Gasteiger partial charge is 0.480 e. The van der Waals surface area contributed by atoms with E-state index in [9.17, 15) is 9.18 Å². The smallest absolute Gasteiger partial charge is 0.331 e. The van der Waals surface area contributed by atoms with Gasteiger partial charge in [0.25, 0.3) is 0 Å². The number of carboxylic acids is 1. The van der Waals surface area contributed by atoms with Crippen molar-refractivity contribution in [2.75, 3.05) is 0 Å². The lowest BCUT2D eigenvalue weighted by atomic mass is 9.78. The average molecular weight is 211 g/mol. The Balaban J connectivity index is 3.32. The van der Waals surface area contributed by atoms with Gasteiger partial charge in [-0.15, -0.1) is 0 Å². The third kappa shape index (κ3) is 1.85. The Bertz CT molecular complexity index is 359. The lowest BCUT2D eigenvalue weighted by Gasteiger charge is -2.34. The molecule has 0 aliphatic rings. The van der Waals surface area contributed by atoms with Gasteiger partial charge < -0.3 is 10.8 Å². The number of alkyl halides is 1. The molecule has 1 unspecified atom stereocenters. The molecule has 3 N–H and O–H groups in total. The molecule has 0 bridgehead atoms. The second-order valence-corrected chi connectivity index (χ2v) is 3.95. The first kappa shape index (κ1) is 11.7. The van der Waals surface area contributed by atoms with E-state index < -0.39 is 17.2 Å². The van der Waals surface area contributed by atoms with Gasteiger partial charge in [0, 0.05) is 0 Å². The molecule has 1 aromatic rings. The Morgan fingerprint density at radius 2 is 1.80 bits per heavy atom. The summed E-state index contributed by atoms with van der Waals surface area (Å²) >= 11 is 0. The van der Waals surface area contributed by atoms with Crippen molar-refractivity contribution in [2.24, 2.45) is 5.73 Å². The van der Waals surface area contributed by atoms with E-state index in [1.807, 2.05) is 0 Å². The normalized spacial score (nSPS) is 15.7. The van der Waals surface area contributed by atoms with Gasteiger partial charge in [-0.3, -0.25) is 0 Å². The minimum atomic E-state index is -2.04. The highest BCUT2D eigenvalue weighted by Crippen LogP contribution is 2.33. The Labute approximate surface area is 87.7 Å². The summed E-state index contributed by atoms with van der Waals surface area (Å²) in [4.78, 5) is 11.1. The monoisotopic (exact) mass is 211 g/mol. The summed E-state index contributed by atoms with van der Waals surface area (Å²) in [6.45, 7) is 2.32. The zero-order valence-corrected chi connectivity index (χ0v) is 8.70. The number of aliphatic carboxylic acids is 1. The molecular formula is C11H14FNO2. The number of rotatable bonds is 3. The molecule has 1 atom stereocenters. The highest BCUT2D eigenvalue weighted by atomic mass is 19.1. The van der Waals surface area contributed by atoms with Crippen molar-refractivity contribution in [1.82, 2.24) is 0 Å². The fraction of sp³-hybridized carbons (Fsp3) is 0.364. The summed E-state index contributed by atoms with van der Waals surface area (Å²) < 4.78 is 13.9. The fourth-order valence-electron chi connectivity index (χ4n) is 1.42. The number of nitrogens with two attached hydrogens (primary N) is 1. The van der Waals surface area contributed by atoms with Crippen molar-refractivity contribution in [3.63, 3.8) is 0 Å². The molecule has 0 fully saturated rings. The van der Waals surface area contributed by atoms with Crippen LogP contribution in [0.4, 0.5) is 4.39 Å². The minimum Gasteiger partial charge on any atom is -0.480 e. The number of hydrogen-bond acceptors (Lipinski definition) is 2. The molecule has 1 aromatic carbocycles. The lowest BCUT2D eigenvalue weighted by Crippen LogP contribution is -2.57. The fourth-order valence-corrected chi connectivity index (χ4v) is 1.42. The van der Waals surface area contributed by atoms with Crippen molar-refractivity contribution in [3.8, 4) is 0 Å². The molecule has 0 heterocycles. The Morgan fingerprint density at radius 1 is 1.33 bits per heavy atom. The summed E-state index contributed by atoms with van der Waals surface area (Å²) in [5.74, 6) is -1.37. The SMILES string of the molecule is CC(C)(F)C(N)(C(=O)O)c1ccccc1. The Hall–Kier alpha value is -1.42. The lowest BCUT2D eigenvalue weighted by molar-refractivity contribution is -0.149. The number of halogens is 1. The van der Waals surface area contributed by atoms with Crippen LogP contribution in [0.15, 0.2) is 30.3 Å². The first-order valence-corrected chi connectivity index (χ1v) is 4.57. The van der Waals surface area contributed by atoms with Crippen LogP contribution in [0.2, 0.25) is 0 Å². The maximum atomic E-state index is 13.9. The van der Waals surface area contributed by atoms with Crippen molar-refractivity contribution < 1.29 is 14.3 Å². The molecule has 0 aliphatic heterocycles. The van der Waals surface area contributed by atoms with E-state index in [1.54, 1.807) is 18.2 Å². The van der Waals surface area contributed by atoms with Crippen LogP contribution in [0.25, 0.3) is 0 Å². The van der Waals surface area contributed by atoms with Crippen molar-refractivity contribution >= 4 is 5.97 Å². The van der Waals surface area contributed by atoms with E-state index in [4.69, 9.17) is 10.8 Å². The predicted molar refractivity (Wildman–Crippen MR) is 55.1 cm³/mol. The third-order valence-electron chi connectivity index (χ3n) is 2.50. The van der Waals surface area contributed by atoms with Crippen LogP contribution in [0.1, 0.15) is 19.4 Å². The summed E-state index contributed by atoms with van der Waals surface area (Å²) in [6.07, 6.45) is 0. The van der Waals surface area contributed by atoms with Crippen molar-refractivity contribution in [3.05, 3.63) is 35.9 Å². The van der Waals surface area contributed by atoms with Crippen molar-refractivity contribution in [2.45, 2.75) is 25.1 Å². The van der Waals surface area contributed by atoms with Crippen LogP contribution >= 0.6 is 0 Å². The molecule has 3 nitrogen and oxygen atoms in total. The van der Waals surface area contributed by atoms with Gasteiger partial charge in [-0.05, 0) is 19.4 Å². The first-order chi connectivity index (χ1) is 6.80. The summed E-state index contributed by atoms with van der Waals surface area (Å²) in [5, 5.41) is 9.06. The molecule has 0 amide bonds. The van der Waals surface area contributed by atoms with Gasteiger partial charge >= 0.3 is 5.97 Å². The second-order valence-electron chi connectivity index (χ2n) is 3.95. The molecule has 0 saturated heterocycles. The van der Waals surface area contributed by atoms with Gasteiger partial charge in [0.2, 0.25) is 0 Å². The van der Waals surface area contributed by atoms with Crippen LogP contribution in [-0.2, 0) is 10.3 Å². The maximum Gasteiger partial charge on any atom is 0.331 e. The summed E-state index contributed by atoms with van der Waals surface area (Å²) in [7, 11) is 0. The molecule has 82 valence electrons. The van der Waals surface area contributed by atoms with E-state index in [2.05, 4.69) is 0 Å². The minimum absolute atomic E-state index is 0.255. The van der Waals surface area contributed by atoms with E-state index in [-0.39, 0.29) is 5.56 Å². The molecule has 1 rings (SSSR count). The van der Waals surface area contributed by atoms with Gasteiger partial charge in [-0.1, -0.05) is 30.3 Å². The quantitative estimate of drug-likeness (QED) is 0.799. The van der Waals surface area contributed by atoms with Gasteiger partial charge in [-0.25, -0.2) is 9.18 Å². The summed E-state index contributed by atoms with van der Waals surface area (Å²) in [5.41, 5.74) is 1.86. The second kappa shape index (κ2) is 3.62. The van der Waals surface area contributed by atoms with Gasteiger partial charge in [0.15, 0.2) is 5.54 Å². The molecule has 0 spiro atoms. The first-order valence-electron chi connectivity index (χ1n) is 4.57. The molecular weight excluding hydrogens is 197 g/mol. The third-order valence-corrected chi connectivity index (χ3v) is 2.50. The molecule has 0 aliphatic carbocycles. The Kier molecular flexibility index (Phi) is 2.81. The van der Waals surface area contributed by atoms with Crippen molar-refractivity contribution in [1.29, 1.82) is 0 Å². The van der Waals surface area contributed by atoms with Gasteiger partial charge in [-0.2, -0.15) is 0 Å². The molecule has 15 heavy (non-hydrogen) atoms. The zero-order chi connectivity index (χ0) is 11.7. The number of carbonyl (C=O) groups is 1. The topological polar surface area (TPSA) is 63.3 Å². The van der Waals surface area contributed by atoms with Crippen LogP contribution in [-0.4, -0.2) is 16.7 Å². The molecule has 0 saturated carbocycles. The van der Waals surface area contributed by atoms with Gasteiger partial charge in [0.1, 0.15) is 5.67 Å². The Morgan fingerprint density at radius 3 is 2.13 bits per heavy atom. The highest BCUT2D eigenvalue weighted by molar-refractivity contribution is 5.82. The van der Waals surface area contributed by atoms with E-state index in [0.29, 0.717) is 0 Å². The standard InChI is InChI=1S/C11H14FNO2/c1-10(2,12)11(13,9(14)15)8-6-4-3-5-7-8/h3-7H,13H2,1-2H3,(H,14,15). The van der Waals surface area contributed by atoms with E-state index >= 15 is 0 Å². The van der Waals surface area contributed by atoms with Crippen LogP contribution in [0, 0.1) is 0 Å². The van der Waals surface area contributed by atoms with Gasteiger partial charge in [0.05, 0.1) is 0 Å². The average Bonchev–Trinajstić information content (AvgIpc) is 2.16. The predicted octanol–water partition coefficient (Wildman–Crippen LogP) is 1.67. The maximum absolute atomic E-state index is 13.9. The highest BCUT2D eigenvalue weighted by Gasteiger charge is 2.50. The van der Waals surface area contributed by atoms with E-state index in [0.717, 1.165) is 13.8 Å². The number of benzene rings is 1. The van der Waals surface area contributed by atoms with E-state index in [1.165, 1.54) is 12.1 Å². The number of carboxylic acid groups (broad SMARTS) is 1. The van der Waals surface area contributed by atoms with Crippen LogP contribution in [0.5, 0.6) is 0 Å². The zero-order valence-electron chi connectivity index (χ0n) is 8.70. The molecule has 0 aromatic heterocycles. The summed E-state index contributed by atoms with van der Waals surface area (Å²) in [6, 6.07) is 8.00. The molecule has 0 radical (unpaired) electrons. The van der Waals surface area contributed by atoms with Crippen LogP contribution < -0.4 is 5.73 Å². The molecule has 4 heteroatoms. The number of hydrogen-bond donors (Lipinski definition) is 2.